The van der Waals surface area contributed by atoms with Gasteiger partial charge in [-0.2, -0.15) is 5.10 Å². The molecule has 1 atom stereocenters. The maximum Gasteiger partial charge on any atom is 0.410 e. The van der Waals surface area contributed by atoms with Crippen molar-refractivity contribution in [1.29, 1.82) is 0 Å². The van der Waals surface area contributed by atoms with Crippen LogP contribution in [0.1, 0.15) is 39.1 Å². The number of aromatic nitrogens is 3. The van der Waals surface area contributed by atoms with Crippen LogP contribution in [0.4, 0.5) is 4.79 Å². The first-order chi connectivity index (χ1) is 10.8. The zero-order valence-electron chi connectivity index (χ0n) is 13.9. The molecule has 23 heavy (non-hydrogen) atoms. The van der Waals surface area contributed by atoms with Crippen molar-refractivity contribution in [3.63, 3.8) is 0 Å². The van der Waals surface area contributed by atoms with E-state index in [9.17, 15) is 9.59 Å². The van der Waals surface area contributed by atoms with E-state index in [1.165, 1.54) is 0 Å². The quantitative estimate of drug-likeness (QED) is 0.894. The van der Waals surface area contributed by atoms with E-state index in [-0.39, 0.29) is 17.8 Å². The number of carbonyl (C=O) groups excluding carboxylic acids is 1. The van der Waals surface area contributed by atoms with Crippen molar-refractivity contribution in [2.45, 2.75) is 45.3 Å². The molecular weight excluding hydrogens is 300 g/mol. The van der Waals surface area contributed by atoms with Crippen molar-refractivity contribution in [2.24, 2.45) is 5.92 Å². The van der Waals surface area contributed by atoms with E-state index in [1.807, 2.05) is 20.8 Å². The average molecular weight is 324 g/mol. The molecule has 8 nitrogen and oxygen atoms in total. The lowest BCUT2D eigenvalue weighted by molar-refractivity contribution is -0.00130. The van der Waals surface area contributed by atoms with Crippen molar-refractivity contribution in [2.75, 3.05) is 26.3 Å². The summed E-state index contributed by atoms with van der Waals surface area (Å²) >= 11 is 0. The van der Waals surface area contributed by atoms with Gasteiger partial charge in [0.1, 0.15) is 11.4 Å². The first kappa shape index (κ1) is 16.0. The number of ether oxygens (including phenoxy) is 2. The number of hydrogen-bond acceptors (Lipinski definition) is 5. The molecule has 1 unspecified atom stereocenters. The highest BCUT2D eigenvalue weighted by molar-refractivity contribution is 5.69. The van der Waals surface area contributed by atoms with Crippen LogP contribution in [0.3, 0.4) is 0 Å². The third-order valence-corrected chi connectivity index (χ3v) is 4.13. The smallest absolute Gasteiger partial charge is 0.410 e. The molecule has 1 aromatic rings. The van der Waals surface area contributed by atoms with Gasteiger partial charge in [-0.15, -0.1) is 0 Å². The highest BCUT2D eigenvalue weighted by Crippen LogP contribution is 2.24. The summed E-state index contributed by atoms with van der Waals surface area (Å²) in [5, 5.41) is 6.68. The summed E-state index contributed by atoms with van der Waals surface area (Å²) in [4.78, 5) is 25.6. The molecule has 2 saturated heterocycles. The van der Waals surface area contributed by atoms with Gasteiger partial charge < -0.3 is 14.4 Å². The average Bonchev–Trinajstić information content (AvgIpc) is 3.00. The highest BCUT2D eigenvalue weighted by Gasteiger charge is 2.35. The van der Waals surface area contributed by atoms with Crippen molar-refractivity contribution in [1.82, 2.24) is 19.7 Å². The van der Waals surface area contributed by atoms with E-state index in [0.717, 1.165) is 12.2 Å². The fourth-order valence-electron chi connectivity index (χ4n) is 3.02. The third kappa shape index (κ3) is 3.57. The number of likely N-dealkylation sites (tertiary alicyclic amines) is 1. The summed E-state index contributed by atoms with van der Waals surface area (Å²) in [6.45, 7) is 8.07. The minimum absolute atomic E-state index is 0.0679. The molecule has 0 spiro atoms. The van der Waals surface area contributed by atoms with Gasteiger partial charge in [0.25, 0.3) is 0 Å². The van der Waals surface area contributed by atoms with E-state index < -0.39 is 5.60 Å². The Morgan fingerprint density at radius 1 is 1.43 bits per heavy atom. The Balaban J connectivity index is 1.56. The number of carbonyl (C=O) groups is 1. The molecule has 0 saturated carbocycles. The van der Waals surface area contributed by atoms with Crippen molar-refractivity contribution in [3.8, 4) is 0 Å². The first-order valence-corrected chi connectivity index (χ1v) is 8.05. The van der Waals surface area contributed by atoms with Crippen LogP contribution in [0.2, 0.25) is 0 Å². The van der Waals surface area contributed by atoms with Crippen LogP contribution >= 0.6 is 0 Å². The molecule has 2 aliphatic heterocycles. The second-order valence-corrected chi connectivity index (χ2v) is 7.29. The largest absolute Gasteiger partial charge is 0.444 e. The van der Waals surface area contributed by atoms with Crippen LogP contribution in [0, 0.1) is 5.92 Å². The van der Waals surface area contributed by atoms with Gasteiger partial charge in [0, 0.05) is 32.0 Å². The van der Waals surface area contributed by atoms with Crippen molar-refractivity contribution in [3.05, 3.63) is 16.3 Å². The normalized spacial score (nSPS) is 22.2. The molecule has 0 bridgehead atoms. The molecule has 2 aliphatic rings. The lowest BCUT2D eigenvalue weighted by Crippen LogP contribution is -2.52. The molecule has 0 aliphatic carbocycles. The molecule has 0 aromatic carbocycles. The summed E-state index contributed by atoms with van der Waals surface area (Å²) in [5.74, 6) is 1.05. The summed E-state index contributed by atoms with van der Waals surface area (Å²) in [6, 6.07) is 0.0679. The van der Waals surface area contributed by atoms with Gasteiger partial charge in [-0.05, 0) is 27.2 Å². The van der Waals surface area contributed by atoms with Crippen LogP contribution in [-0.2, 0) is 15.9 Å². The lowest BCUT2D eigenvalue weighted by atomic mass is 9.96. The Morgan fingerprint density at radius 3 is 2.78 bits per heavy atom. The van der Waals surface area contributed by atoms with Crippen molar-refractivity contribution < 1.29 is 14.3 Å². The SMILES string of the molecule is CC(C)(C)OC(=O)N1CC(Cc2n[nH]c(=O)n2C2CCOC2)C1. The number of aromatic amines is 1. The molecule has 1 amide bonds. The van der Waals surface area contributed by atoms with Gasteiger partial charge in [0.05, 0.1) is 12.6 Å². The summed E-state index contributed by atoms with van der Waals surface area (Å²) < 4.78 is 12.4. The number of amides is 1. The Bertz CT molecular complexity index is 618. The Hall–Kier alpha value is -1.83. The minimum atomic E-state index is -0.479. The maximum atomic E-state index is 11.9. The minimum Gasteiger partial charge on any atom is -0.444 e. The summed E-state index contributed by atoms with van der Waals surface area (Å²) in [5.41, 5.74) is -0.660. The summed E-state index contributed by atoms with van der Waals surface area (Å²) in [6.07, 6.45) is 1.23. The predicted molar refractivity (Wildman–Crippen MR) is 82.3 cm³/mol. The second-order valence-electron chi connectivity index (χ2n) is 7.29. The molecule has 3 rings (SSSR count). The molecule has 3 heterocycles. The second kappa shape index (κ2) is 5.99. The number of hydrogen-bond donors (Lipinski definition) is 1. The highest BCUT2D eigenvalue weighted by atomic mass is 16.6. The van der Waals surface area contributed by atoms with Gasteiger partial charge in [-0.3, -0.25) is 4.57 Å². The first-order valence-electron chi connectivity index (χ1n) is 8.05. The van der Waals surface area contributed by atoms with Crippen LogP contribution in [0.25, 0.3) is 0 Å². The van der Waals surface area contributed by atoms with Crippen LogP contribution < -0.4 is 5.69 Å². The molecule has 1 N–H and O–H groups in total. The third-order valence-electron chi connectivity index (χ3n) is 4.13. The van der Waals surface area contributed by atoms with Gasteiger partial charge in [0.15, 0.2) is 0 Å². The van der Waals surface area contributed by atoms with Gasteiger partial charge in [-0.25, -0.2) is 14.7 Å². The van der Waals surface area contributed by atoms with Crippen molar-refractivity contribution >= 4 is 6.09 Å². The lowest BCUT2D eigenvalue weighted by Gasteiger charge is -2.39. The van der Waals surface area contributed by atoms with Crippen LogP contribution in [0.5, 0.6) is 0 Å². The number of rotatable bonds is 3. The summed E-state index contributed by atoms with van der Waals surface area (Å²) in [7, 11) is 0. The molecular formula is C15H24N4O4. The van der Waals surface area contributed by atoms with E-state index in [4.69, 9.17) is 9.47 Å². The monoisotopic (exact) mass is 324 g/mol. The zero-order valence-corrected chi connectivity index (χ0v) is 13.9. The van der Waals surface area contributed by atoms with Gasteiger partial charge in [0.2, 0.25) is 0 Å². The standard InChI is InChI=1S/C15H24N4O4/c1-15(2,3)23-14(21)18-7-10(8-18)6-12-16-17-13(20)19(12)11-4-5-22-9-11/h10-11H,4-9H2,1-3H3,(H,17,20). The van der Waals surface area contributed by atoms with E-state index in [1.54, 1.807) is 9.47 Å². The molecule has 0 radical (unpaired) electrons. The van der Waals surface area contributed by atoms with Crippen LogP contribution in [0.15, 0.2) is 4.79 Å². The fourth-order valence-corrected chi connectivity index (χ4v) is 3.02. The maximum absolute atomic E-state index is 11.9. The van der Waals surface area contributed by atoms with Gasteiger partial charge in [-0.1, -0.05) is 0 Å². The predicted octanol–water partition coefficient (Wildman–Crippen LogP) is 0.942. The topological polar surface area (TPSA) is 89.5 Å². The fraction of sp³-hybridized carbons (Fsp3) is 0.800. The Morgan fingerprint density at radius 2 is 2.17 bits per heavy atom. The molecule has 8 heteroatoms. The van der Waals surface area contributed by atoms with Gasteiger partial charge >= 0.3 is 11.8 Å². The number of nitrogens with one attached hydrogen (secondary N) is 1. The Kier molecular flexibility index (Phi) is 4.18. The molecule has 128 valence electrons. The molecule has 2 fully saturated rings. The van der Waals surface area contributed by atoms with E-state index >= 15 is 0 Å². The number of nitrogens with zero attached hydrogens (tertiary/aromatic N) is 3. The van der Waals surface area contributed by atoms with Crippen LogP contribution in [-0.4, -0.2) is 57.7 Å². The Labute approximate surface area is 134 Å². The van der Waals surface area contributed by atoms with E-state index in [0.29, 0.717) is 38.6 Å². The molecule has 1 aromatic heterocycles. The zero-order chi connectivity index (χ0) is 16.6. The number of H-pyrrole nitrogens is 1. The van der Waals surface area contributed by atoms with E-state index in [2.05, 4.69) is 10.2 Å².